The van der Waals surface area contributed by atoms with Gasteiger partial charge in [0.2, 0.25) is 0 Å². The van der Waals surface area contributed by atoms with E-state index < -0.39 is 5.97 Å². The molecule has 0 fully saturated rings. The fourth-order valence-electron chi connectivity index (χ4n) is 2.13. The van der Waals surface area contributed by atoms with Gasteiger partial charge in [-0.05, 0) is 36.2 Å². The lowest BCUT2D eigenvalue weighted by Gasteiger charge is -2.09. The molecule has 0 spiro atoms. The zero-order chi connectivity index (χ0) is 15.2. The van der Waals surface area contributed by atoms with E-state index in [4.69, 9.17) is 5.11 Å². The lowest BCUT2D eigenvalue weighted by molar-refractivity contribution is -0.136. The van der Waals surface area contributed by atoms with Gasteiger partial charge in [-0.15, -0.1) is 0 Å². The molecule has 0 saturated heterocycles. The van der Waals surface area contributed by atoms with Crippen molar-refractivity contribution in [3.8, 4) is 0 Å². The topological polar surface area (TPSA) is 71.3 Å². The quantitative estimate of drug-likeness (QED) is 0.857. The van der Waals surface area contributed by atoms with Gasteiger partial charge in [0, 0.05) is 18.4 Å². The molecular weight excluding hydrogens is 268 g/mol. The van der Waals surface area contributed by atoms with Crippen LogP contribution in [0.1, 0.15) is 29.4 Å². The third kappa shape index (κ3) is 3.95. The molecule has 2 N–H and O–H groups in total. The third-order valence-corrected chi connectivity index (χ3v) is 3.09. The standard InChI is InChI=1S/C16H18N2O3/c1-2-9-18-10-3-4-14(18)16(21)17-13-7-5-12(6-8-13)11-15(19)20/h3-8,10H,2,9,11H2,1H3,(H,17,21)(H,19,20). The summed E-state index contributed by atoms with van der Waals surface area (Å²) in [5, 5.41) is 11.5. The van der Waals surface area contributed by atoms with Crippen molar-refractivity contribution < 1.29 is 14.7 Å². The van der Waals surface area contributed by atoms with E-state index in [1.54, 1.807) is 30.3 Å². The summed E-state index contributed by atoms with van der Waals surface area (Å²) in [6.45, 7) is 2.86. The van der Waals surface area contributed by atoms with E-state index in [1.165, 1.54) is 0 Å². The summed E-state index contributed by atoms with van der Waals surface area (Å²) >= 11 is 0. The Morgan fingerprint density at radius 2 is 1.90 bits per heavy atom. The largest absolute Gasteiger partial charge is 0.481 e. The molecule has 1 aromatic heterocycles. The van der Waals surface area contributed by atoms with Crippen LogP contribution in [0.5, 0.6) is 0 Å². The number of carboxylic acid groups (broad SMARTS) is 1. The molecular formula is C16H18N2O3. The van der Waals surface area contributed by atoms with Gasteiger partial charge < -0.3 is 15.0 Å². The number of benzene rings is 1. The van der Waals surface area contributed by atoms with Crippen molar-refractivity contribution in [1.82, 2.24) is 4.57 Å². The lowest BCUT2D eigenvalue weighted by atomic mass is 10.1. The highest BCUT2D eigenvalue weighted by Crippen LogP contribution is 2.12. The van der Waals surface area contributed by atoms with E-state index in [2.05, 4.69) is 12.2 Å². The van der Waals surface area contributed by atoms with Crippen molar-refractivity contribution in [3.63, 3.8) is 0 Å². The summed E-state index contributed by atoms with van der Waals surface area (Å²) in [5.74, 6) is -1.04. The van der Waals surface area contributed by atoms with Crippen LogP contribution in [0.4, 0.5) is 5.69 Å². The summed E-state index contributed by atoms with van der Waals surface area (Å²) in [7, 11) is 0. The lowest BCUT2D eigenvalue weighted by Crippen LogP contribution is -2.16. The van der Waals surface area contributed by atoms with E-state index in [0.29, 0.717) is 16.9 Å². The Morgan fingerprint density at radius 1 is 1.19 bits per heavy atom. The zero-order valence-electron chi connectivity index (χ0n) is 11.9. The summed E-state index contributed by atoms with van der Waals surface area (Å²) in [4.78, 5) is 22.8. The Bertz CT molecular complexity index is 629. The van der Waals surface area contributed by atoms with E-state index in [1.807, 2.05) is 16.8 Å². The van der Waals surface area contributed by atoms with Crippen molar-refractivity contribution in [2.45, 2.75) is 26.3 Å². The number of carbonyl (C=O) groups excluding carboxylic acids is 1. The van der Waals surface area contributed by atoms with Gasteiger partial charge in [0.25, 0.3) is 5.91 Å². The number of hydrogen-bond acceptors (Lipinski definition) is 2. The molecule has 0 aliphatic heterocycles. The predicted octanol–water partition coefficient (Wildman–Crippen LogP) is 2.78. The maximum absolute atomic E-state index is 12.2. The number of nitrogens with zero attached hydrogens (tertiary/aromatic N) is 1. The molecule has 0 bridgehead atoms. The summed E-state index contributed by atoms with van der Waals surface area (Å²) in [6, 6.07) is 10.5. The fraction of sp³-hybridized carbons (Fsp3) is 0.250. The predicted molar refractivity (Wildman–Crippen MR) is 80.5 cm³/mol. The number of rotatable bonds is 6. The molecule has 0 aliphatic carbocycles. The number of amides is 1. The van der Waals surface area contributed by atoms with Crippen LogP contribution < -0.4 is 5.32 Å². The minimum atomic E-state index is -0.871. The molecule has 2 aromatic rings. The normalized spacial score (nSPS) is 10.3. The zero-order valence-corrected chi connectivity index (χ0v) is 11.9. The van der Waals surface area contributed by atoms with Crippen molar-refractivity contribution in [3.05, 3.63) is 53.9 Å². The highest BCUT2D eigenvalue weighted by atomic mass is 16.4. The van der Waals surface area contributed by atoms with Crippen molar-refractivity contribution in [1.29, 1.82) is 0 Å². The maximum Gasteiger partial charge on any atom is 0.307 e. The van der Waals surface area contributed by atoms with Crippen LogP contribution in [0.2, 0.25) is 0 Å². The van der Waals surface area contributed by atoms with Crippen LogP contribution in [0.15, 0.2) is 42.6 Å². The smallest absolute Gasteiger partial charge is 0.307 e. The maximum atomic E-state index is 12.2. The first-order valence-corrected chi connectivity index (χ1v) is 6.87. The van der Waals surface area contributed by atoms with Crippen LogP contribution in [0, 0.1) is 0 Å². The second-order valence-electron chi connectivity index (χ2n) is 4.81. The van der Waals surface area contributed by atoms with Crippen molar-refractivity contribution in [2.75, 3.05) is 5.32 Å². The van der Waals surface area contributed by atoms with Crippen LogP contribution >= 0.6 is 0 Å². The number of aromatic nitrogens is 1. The Hall–Kier alpha value is -2.56. The number of aryl methyl sites for hydroxylation is 1. The third-order valence-electron chi connectivity index (χ3n) is 3.09. The summed E-state index contributed by atoms with van der Waals surface area (Å²) in [5.41, 5.74) is 1.97. The van der Waals surface area contributed by atoms with Crippen molar-refractivity contribution >= 4 is 17.6 Å². The highest BCUT2D eigenvalue weighted by Gasteiger charge is 2.10. The van der Waals surface area contributed by atoms with Crippen LogP contribution in [0.25, 0.3) is 0 Å². The number of carbonyl (C=O) groups is 2. The number of anilines is 1. The molecule has 1 amide bonds. The second-order valence-corrected chi connectivity index (χ2v) is 4.81. The van der Waals surface area contributed by atoms with E-state index in [9.17, 15) is 9.59 Å². The molecule has 1 heterocycles. The van der Waals surface area contributed by atoms with E-state index in [-0.39, 0.29) is 12.3 Å². The Labute approximate surface area is 123 Å². The molecule has 21 heavy (non-hydrogen) atoms. The molecule has 5 nitrogen and oxygen atoms in total. The average Bonchev–Trinajstić information content (AvgIpc) is 2.89. The van der Waals surface area contributed by atoms with Gasteiger partial charge in [-0.1, -0.05) is 19.1 Å². The highest BCUT2D eigenvalue weighted by molar-refractivity contribution is 6.03. The molecule has 0 unspecified atom stereocenters. The number of nitrogens with one attached hydrogen (secondary N) is 1. The van der Waals surface area contributed by atoms with Gasteiger partial charge in [-0.3, -0.25) is 9.59 Å². The van der Waals surface area contributed by atoms with Gasteiger partial charge in [0.05, 0.1) is 6.42 Å². The molecule has 1 aromatic carbocycles. The first-order valence-electron chi connectivity index (χ1n) is 6.87. The summed E-state index contributed by atoms with van der Waals surface area (Å²) in [6.07, 6.45) is 2.82. The molecule has 0 radical (unpaired) electrons. The van der Waals surface area contributed by atoms with Crippen LogP contribution in [-0.4, -0.2) is 21.6 Å². The molecule has 0 aliphatic rings. The Kier molecular flexibility index (Phi) is 4.77. The number of carboxylic acids is 1. The minimum absolute atomic E-state index is 0.0203. The van der Waals surface area contributed by atoms with E-state index in [0.717, 1.165) is 13.0 Å². The fourth-order valence-corrected chi connectivity index (χ4v) is 2.13. The average molecular weight is 286 g/mol. The number of aliphatic carboxylic acids is 1. The van der Waals surface area contributed by atoms with Gasteiger partial charge in [0.15, 0.2) is 0 Å². The van der Waals surface area contributed by atoms with Gasteiger partial charge in [-0.2, -0.15) is 0 Å². The molecule has 0 saturated carbocycles. The SMILES string of the molecule is CCCn1cccc1C(=O)Nc1ccc(CC(=O)O)cc1. The Balaban J connectivity index is 2.05. The van der Waals surface area contributed by atoms with Gasteiger partial charge in [-0.25, -0.2) is 0 Å². The van der Waals surface area contributed by atoms with E-state index >= 15 is 0 Å². The van der Waals surface area contributed by atoms with Crippen LogP contribution in [0.3, 0.4) is 0 Å². The van der Waals surface area contributed by atoms with Gasteiger partial charge >= 0.3 is 5.97 Å². The minimum Gasteiger partial charge on any atom is -0.481 e. The molecule has 2 rings (SSSR count). The second kappa shape index (κ2) is 6.74. The first-order chi connectivity index (χ1) is 10.1. The van der Waals surface area contributed by atoms with Crippen LogP contribution in [-0.2, 0) is 17.8 Å². The summed E-state index contributed by atoms with van der Waals surface area (Å²) < 4.78 is 1.91. The van der Waals surface area contributed by atoms with Crippen molar-refractivity contribution in [2.24, 2.45) is 0 Å². The molecule has 5 heteroatoms. The monoisotopic (exact) mass is 286 g/mol. The molecule has 0 atom stereocenters. The Morgan fingerprint density at radius 3 is 2.52 bits per heavy atom. The molecule has 110 valence electrons. The number of hydrogen-bond donors (Lipinski definition) is 2. The van der Waals surface area contributed by atoms with Gasteiger partial charge in [0.1, 0.15) is 5.69 Å². The first kappa shape index (κ1) is 14.8.